The van der Waals surface area contributed by atoms with Crippen molar-refractivity contribution < 1.29 is 13.2 Å². The number of imidazole rings is 1. The van der Waals surface area contributed by atoms with Crippen LogP contribution in [0.1, 0.15) is 25.3 Å². The Morgan fingerprint density at radius 1 is 1.30 bits per heavy atom. The molecular formula is C14H16F3N3. The molecule has 108 valence electrons. The van der Waals surface area contributed by atoms with Gasteiger partial charge < -0.3 is 10.3 Å². The van der Waals surface area contributed by atoms with E-state index in [2.05, 4.69) is 11.9 Å². The lowest BCUT2D eigenvalue weighted by atomic mass is 10.1. The third-order valence-electron chi connectivity index (χ3n) is 3.09. The number of anilines is 1. The summed E-state index contributed by atoms with van der Waals surface area (Å²) >= 11 is 0. The van der Waals surface area contributed by atoms with Crippen molar-refractivity contribution in [3.8, 4) is 11.3 Å². The molecule has 1 aromatic heterocycles. The van der Waals surface area contributed by atoms with Gasteiger partial charge in [-0.15, -0.1) is 0 Å². The standard InChI is InChI=1S/C14H16F3N3/c1-2-3-7-20-9-19-12(13(20)18)10-5-4-6-11(8-10)14(15,16)17/h4-6,8-9H,2-3,7,18H2,1H3. The Morgan fingerprint density at radius 2 is 2.05 bits per heavy atom. The number of benzene rings is 1. The highest BCUT2D eigenvalue weighted by atomic mass is 19.4. The molecule has 3 nitrogen and oxygen atoms in total. The minimum Gasteiger partial charge on any atom is -0.383 e. The molecule has 0 aliphatic heterocycles. The highest BCUT2D eigenvalue weighted by molar-refractivity contribution is 5.71. The van der Waals surface area contributed by atoms with Gasteiger partial charge >= 0.3 is 6.18 Å². The van der Waals surface area contributed by atoms with Gasteiger partial charge in [0.25, 0.3) is 0 Å². The van der Waals surface area contributed by atoms with Crippen LogP contribution in [-0.2, 0) is 12.7 Å². The summed E-state index contributed by atoms with van der Waals surface area (Å²) in [5.74, 6) is 0.401. The van der Waals surface area contributed by atoms with E-state index in [4.69, 9.17) is 5.73 Å². The summed E-state index contributed by atoms with van der Waals surface area (Å²) in [6.45, 7) is 2.77. The molecule has 0 bridgehead atoms. The molecule has 1 heterocycles. The van der Waals surface area contributed by atoms with Crippen LogP contribution in [0.5, 0.6) is 0 Å². The number of unbranched alkanes of at least 4 members (excludes halogenated alkanes) is 1. The molecule has 0 saturated carbocycles. The zero-order chi connectivity index (χ0) is 14.8. The minimum absolute atomic E-state index is 0.382. The molecule has 1 aromatic carbocycles. The van der Waals surface area contributed by atoms with Gasteiger partial charge in [-0.2, -0.15) is 13.2 Å². The van der Waals surface area contributed by atoms with Gasteiger partial charge in [-0.05, 0) is 18.6 Å². The minimum atomic E-state index is -4.37. The molecule has 0 saturated heterocycles. The summed E-state index contributed by atoms with van der Waals surface area (Å²) in [5, 5.41) is 0. The van der Waals surface area contributed by atoms with Gasteiger partial charge in [0.15, 0.2) is 0 Å². The number of aryl methyl sites for hydroxylation is 1. The number of hydrogen-bond donors (Lipinski definition) is 1. The van der Waals surface area contributed by atoms with Crippen LogP contribution in [0.2, 0.25) is 0 Å². The topological polar surface area (TPSA) is 43.8 Å². The third kappa shape index (κ3) is 2.95. The first-order chi connectivity index (χ1) is 9.43. The molecule has 0 fully saturated rings. The highest BCUT2D eigenvalue weighted by Gasteiger charge is 2.30. The average Bonchev–Trinajstić information content (AvgIpc) is 2.77. The number of rotatable bonds is 4. The van der Waals surface area contributed by atoms with E-state index in [1.807, 2.05) is 0 Å². The molecule has 2 aromatic rings. The molecule has 0 aliphatic carbocycles. The van der Waals surface area contributed by atoms with Crippen LogP contribution in [0.15, 0.2) is 30.6 Å². The number of nitrogens with zero attached hydrogens (tertiary/aromatic N) is 2. The molecule has 2 N–H and O–H groups in total. The van der Waals surface area contributed by atoms with Gasteiger partial charge in [0.05, 0.1) is 11.9 Å². The Hall–Kier alpha value is -1.98. The second-order valence-corrected chi connectivity index (χ2v) is 4.60. The molecule has 0 unspecified atom stereocenters. The molecule has 6 heteroatoms. The van der Waals surface area contributed by atoms with Crippen LogP contribution < -0.4 is 5.73 Å². The van der Waals surface area contributed by atoms with E-state index in [1.165, 1.54) is 6.07 Å². The Labute approximate surface area is 115 Å². The number of halogens is 3. The number of aromatic nitrogens is 2. The van der Waals surface area contributed by atoms with Crippen molar-refractivity contribution in [2.45, 2.75) is 32.5 Å². The summed E-state index contributed by atoms with van der Waals surface area (Å²) in [6.07, 6.45) is -0.838. The Balaban J connectivity index is 2.35. The number of nitrogens with two attached hydrogens (primary N) is 1. The van der Waals surface area contributed by atoms with Gasteiger partial charge in [-0.3, -0.25) is 0 Å². The fourth-order valence-corrected chi connectivity index (χ4v) is 1.96. The summed E-state index contributed by atoms with van der Waals surface area (Å²) in [5.41, 5.74) is 6.04. The predicted octanol–water partition coefficient (Wildman–Crippen LogP) is 3.95. The molecule has 0 aliphatic rings. The van der Waals surface area contributed by atoms with Crippen molar-refractivity contribution in [2.24, 2.45) is 0 Å². The largest absolute Gasteiger partial charge is 0.416 e. The summed E-state index contributed by atoms with van der Waals surface area (Å²) < 4.78 is 39.9. The molecule has 0 radical (unpaired) electrons. The number of hydrogen-bond acceptors (Lipinski definition) is 2. The van der Waals surface area contributed by atoms with E-state index in [1.54, 1.807) is 17.0 Å². The van der Waals surface area contributed by atoms with Crippen molar-refractivity contribution in [3.63, 3.8) is 0 Å². The normalized spacial score (nSPS) is 11.8. The molecule has 0 amide bonds. The fourth-order valence-electron chi connectivity index (χ4n) is 1.96. The quantitative estimate of drug-likeness (QED) is 0.923. The maximum absolute atomic E-state index is 12.7. The monoisotopic (exact) mass is 283 g/mol. The van der Waals surface area contributed by atoms with Gasteiger partial charge in [-0.25, -0.2) is 4.98 Å². The lowest BCUT2D eigenvalue weighted by Gasteiger charge is -2.08. The second kappa shape index (κ2) is 5.56. The Bertz CT molecular complexity index is 588. The lowest BCUT2D eigenvalue weighted by Crippen LogP contribution is -2.05. The summed E-state index contributed by atoms with van der Waals surface area (Å²) in [6, 6.07) is 5.05. The summed E-state index contributed by atoms with van der Waals surface area (Å²) in [4.78, 5) is 4.13. The maximum atomic E-state index is 12.7. The smallest absolute Gasteiger partial charge is 0.383 e. The first-order valence-corrected chi connectivity index (χ1v) is 6.41. The van der Waals surface area contributed by atoms with Crippen molar-refractivity contribution in [1.82, 2.24) is 9.55 Å². The number of nitrogen functional groups attached to an aromatic ring is 1. The van der Waals surface area contributed by atoms with Gasteiger partial charge in [0, 0.05) is 12.1 Å². The SMILES string of the molecule is CCCCn1cnc(-c2cccc(C(F)(F)F)c2)c1N. The fraction of sp³-hybridized carbons (Fsp3) is 0.357. The predicted molar refractivity (Wildman–Crippen MR) is 72.0 cm³/mol. The van der Waals surface area contributed by atoms with E-state index in [9.17, 15) is 13.2 Å². The van der Waals surface area contributed by atoms with Gasteiger partial charge in [0.2, 0.25) is 0 Å². The average molecular weight is 283 g/mol. The molecular weight excluding hydrogens is 267 g/mol. The van der Waals surface area contributed by atoms with Crippen LogP contribution in [0.25, 0.3) is 11.3 Å². The summed E-state index contributed by atoms with van der Waals surface area (Å²) in [7, 11) is 0. The second-order valence-electron chi connectivity index (χ2n) is 4.60. The maximum Gasteiger partial charge on any atom is 0.416 e. The lowest BCUT2D eigenvalue weighted by molar-refractivity contribution is -0.137. The molecule has 0 atom stereocenters. The highest BCUT2D eigenvalue weighted by Crippen LogP contribution is 2.33. The van der Waals surface area contributed by atoms with Crippen LogP contribution in [0.3, 0.4) is 0 Å². The van der Waals surface area contributed by atoms with Crippen LogP contribution in [-0.4, -0.2) is 9.55 Å². The van der Waals surface area contributed by atoms with Crippen molar-refractivity contribution in [1.29, 1.82) is 0 Å². The van der Waals surface area contributed by atoms with E-state index in [-0.39, 0.29) is 0 Å². The van der Waals surface area contributed by atoms with Crippen molar-refractivity contribution in [2.75, 3.05) is 5.73 Å². The van der Waals surface area contributed by atoms with Crippen LogP contribution in [0, 0.1) is 0 Å². The molecule has 0 spiro atoms. The van der Waals surface area contributed by atoms with E-state index >= 15 is 0 Å². The Kier molecular flexibility index (Phi) is 4.01. The Morgan fingerprint density at radius 3 is 2.70 bits per heavy atom. The third-order valence-corrected chi connectivity index (χ3v) is 3.09. The van der Waals surface area contributed by atoms with E-state index in [0.29, 0.717) is 23.6 Å². The first kappa shape index (κ1) is 14.4. The molecule has 2 rings (SSSR count). The van der Waals surface area contributed by atoms with E-state index in [0.717, 1.165) is 25.0 Å². The first-order valence-electron chi connectivity index (χ1n) is 6.41. The molecule has 20 heavy (non-hydrogen) atoms. The number of alkyl halides is 3. The van der Waals surface area contributed by atoms with Crippen LogP contribution >= 0.6 is 0 Å². The zero-order valence-corrected chi connectivity index (χ0v) is 11.1. The zero-order valence-electron chi connectivity index (χ0n) is 11.1. The van der Waals surface area contributed by atoms with Crippen LogP contribution in [0.4, 0.5) is 19.0 Å². The van der Waals surface area contributed by atoms with Gasteiger partial charge in [-0.1, -0.05) is 25.5 Å². The van der Waals surface area contributed by atoms with E-state index < -0.39 is 11.7 Å². The van der Waals surface area contributed by atoms with Crippen molar-refractivity contribution >= 4 is 5.82 Å². The van der Waals surface area contributed by atoms with Gasteiger partial charge in [0.1, 0.15) is 11.5 Å². The van der Waals surface area contributed by atoms with Crippen molar-refractivity contribution in [3.05, 3.63) is 36.2 Å².